The summed E-state index contributed by atoms with van der Waals surface area (Å²) in [6.07, 6.45) is 3.96. The van der Waals surface area contributed by atoms with E-state index < -0.39 is 0 Å². The van der Waals surface area contributed by atoms with Crippen molar-refractivity contribution < 1.29 is 9.13 Å². The van der Waals surface area contributed by atoms with E-state index in [0.29, 0.717) is 25.3 Å². The summed E-state index contributed by atoms with van der Waals surface area (Å²) in [6, 6.07) is 8.63. The average Bonchev–Trinajstić information content (AvgIpc) is 2.68. The molecule has 1 N–H and O–H groups in total. The third-order valence-corrected chi connectivity index (χ3v) is 4.71. The number of nitrogens with zero attached hydrogens (tertiary/aromatic N) is 3. The number of hydrogen-bond donors (Lipinski definition) is 1. The van der Waals surface area contributed by atoms with Crippen molar-refractivity contribution in [1.82, 2.24) is 19.9 Å². The molecule has 138 valence electrons. The first-order chi connectivity index (χ1) is 13.1. The Morgan fingerprint density at radius 1 is 1.33 bits per heavy atom. The van der Waals surface area contributed by atoms with Gasteiger partial charge in [-0.3, -0.25) is 14.7 Å². The highest BCUT2D eigenvalue weighted by atomic mass is 19.1. The minimum atomic E-state index is -0.374. The van der Waals surface area contributed by atoms with Gasteiger partial charge in [0.25, 0.3) is 5.56 Å². The van der Waals surface area contributed by atoms with E-state index in [1.54, 1.807) is 24.5 Å². The smallest absolute Gasteiger partial charge is 0.254 e. The minimum absolute atomic E-state index is 0.103. The van der Waals surface area contributed by atoms with E-state index >= 15 is 0 Å². The quantitative estimate of drug-likeness (QED) is 0.768. The van der Waals surface area contributed by atoms with Gasteiger partial charge >= 0.3 is 0 Å². The fraction of sp³-hybridized carbons (Fsp3) is 0.250. The number of pyridine rings is 1. The molecule has 27 heavy (non-hydrogen) atoms. The van der Waals surface area contributed by atoms with Crippen molar-refractivity contribution in [3.8, 4) is 17.1 Å². The van der Waals surface area contributed by atoms with Crippen LogP contribution in [0.25, 0.3) is 11.4 Å². The second-order valence-electron chi connectivity index (χ2n) is 6.51. The average molecular weight is 366 g/mol. The normalized spacial score (nSPS) is 14.0. The maximum atomic E-state index is 13.9. The number of H-pyrrole nitrogens is 1. The molecule has 1 aromatic carbocycles. The van der Waals surface area contributed by atoms with Crippen LogP contribution >= 0.6 is 0 Å². The zero-order chi connectivity index (χ0) is 18.8. The minimum Gasteiger partial charge on any atom is -0.494 e. The van der Waals surface area contributed by atoms with Gasteiger partial charge in [0.2, 0.25) is 0 Å². The zero-order valence-electron chi connectivity index (χ0n) is 14.9. The highest BCUT2D eigenvalue weighted by Crippen LogP contribution is 2.22. The van der Waals surface area contributed by atoms with Gasteiger partial charge in [-0.25, -0.2) is 9.37 Å². The molecule has 0 atom stereocenters. The van der Waals surface area contributed by atoms with Gasteiger partial charge in [0.15, 0.2) is 11.6 Å². The highest BCUT2D eigenvalue weighted by Gasteiger charge is 2.22. The van der Waals surface area contributed by atoms with E-state index in [9.17, 15) is 9.18 Å². The van der Waals surface area contributed by atoms with Crippen molar-refractivity contribution in [2.75, 3.05) is 13.7 Å². The van der Waals surface area contributed by atoms with E-state index in [1.807, 2.05) is 12.1 Å². The summed E-state index contributed by atoms with van der Waals surface area (Å²) in [5, 5.41) is 0. The molecule has 1 aliphatic rings. The third kappa shape index (κ3) is 3.59. The van der Waals surface area contributed by atoms with Crippen LogP contribution in [0.15, 0.2) is 47.5 Å². The maximum absolute atomic E-state index is 13.9. The highest BCUT2D eigenvalue weighted by molar-refractivity contribution is 5.53. The number of aromatic nitrogens is 3. The number of halogens is 1. The molecule has 4 rings (SSSR count). The monoisotopic (exact) mass is 366 g/mol. The summed E-state index contributed by atoms with van der Waals surface area (Å²) in [7, 11) is 1.45. The van der Waals surface area contributed by atoms with Gasteiger partial charge in [-0.15, -0.1) is 0 Å². The Bertz CT molecular complexity index is 1020. The Labute approximate surface area is 155 Å². The molecule has 6 nitrogen and oxygen atoms in total. The first-order valence-electron chi connectivity index (χ1n) is 8.71. The fourth-order valence-electron chi connectivity index (χ4n) is 3.33. The summed E-state index contributed by atoms with van der Waals surface area (Å²) >= 11 is 0. The molecule has 0 saturated carbocycles. The van der Waals surface area contributed by atoms with E-state index in [4.69, 9.17) is 4.74 Å². The molecule has 0 saturated heterocycles. The molecule has 3 heterocycles. The molecule has 0 bridgehead atoms. The van der Waals surface area contributed by atoms with E-state index in [-0.39, 0.29) is 17.1 Å². The molecule has 3 aromatic rings. The lowest BCUT2D eigenvalue weighted by molar-refractivity contribution is 0.240. The number of benzene rings is 1. The van der Waals surface area contributed by atoms with Crippen molar-refractivity contribution in [2.45, 2.75) is 19.5 Å². The first-order valence-corrected chi connectivity index (χ1v) is 8.71. The molecule has 1 aliphatic heterocycles. The van der Waals surface area contributed by atoms with Crippen molar-refractivity contribution in [3.05, 3.63) is 75.7 Å². The summed E-state index contributed by atoms with van der Waals surface area (Å²) in [5.74, 6) is 0.377. The topological polar surface area (TPSA) is 71.1 Å². The van der Waals surface area contributed by atoms with Crippen molar-refractivity contribution in [1.29, 1.82) is 0 Å². The number of methoxy groups -OCH3 is 1. The Morgan fingerprint density at radius 2 is 2.22 bits per heavy atom. The second-order valence-corrected chi connectivity index (χ2v) is 6.51. The van der Waals surface area contributed by atoms with Gasteiger partial charge in [-0.1, -0.05) is 6.07 Å². The number of hydrogen-bond acceptors (Lipinski definition) is 5. The van der Waals surface area contributed by atoms with E-state index in [2.05, 4.69) is 19.9 Å². The summed E-state index contributed by atoms with van der Waals surface area (Å²) < 4.78 is 18.9. The van der Waals surface area contributed by atoms with Gasteiger partial charge in [-0.05, 0) is 36.2 Å². The van der Waals surface area contributed by atoms with Crippen LogP contribution in [-0.2, 0) is 19.5 Å². The van der Waals surface area contributed by atoms with Gasteiger partial charge in [0.05, 0.1) is 12.8 Å². The molecule has 0 aliphatic carbocycles. The van der Waals surface area contributed by atoms with Crippen molar-refractivity contribution in [2.24, 2.45) is 0 Å². The largest absolute Gasteiger partial charge is 0.494 e. The number of fused-ring (bicyclic) bond motifs is 1. The van der Waals surface area contributed by atoms with Crippen LogP contribution in [-0.4, -0.2) is 33.5 Å². The molecular weight excluding hydrogens is 347 g/mol. The third-order valence-electron chi connectivity index (χ3n) is 4.71. The van der Waals surface area contributed by atoms with Crippen LogP contribution in [0, 0.1) is 5.82 Å². The summed E-state index contributed by atoms with van der Waals surface area (Å²) in [4.78, 5) is 26.2. The van der Waals surface area contributed by atoms with Crippen molar-refractivity contribution in [3.63, 3.8) is 0 Å². The van der Waals surface area contributed by atoms with Crippen molar-refractivity contribution >= 4 is 0 Å². The summed E-state index contributed by atoms with van der Waals surface area (Å²) in [5.41, 5.74) is 3.01. The molecule has 0 fully saturated rings. The van der Waals surface area contributed by atoms with Crippen LogP contribution in [0.4, 0.5) is 4.39 Å². The number of ether oxygens (including phenoxy) is 1. The lowest BCUT2D eigenvalue weighted by Crippen LogP contribution is -2.35. The van der Waals surface area contributed by atoms with Gasteiger partial charge in [0.1, 0.15) is 5.82 Å². The standard InChI is InChI=1S/C20H19FN4O2/c1-27-18-5-4-13(9-16(18)21)11-25-8-6-15-17(12-25)23-19(24-20(15)26)14-3-2-7-22-10-14/h2-5,7,9-10H,6,8,11-12H2,1H3,(H,23,24,26). The fourth-order valence-corrected chi connectivity index (χ4v) is 3.33. The molecule has 0 radical (unpaired) electrons. The summed E-state index contributed by atoms with van der Waals surface area (Å²) in [6.45, 7) is 1.84. The number of nitrogens with one attached hydrogen (secondary N) is 1. The van der Waals surface area contributed by atoms with Gasteiger partial charge in [0, 0.05) is 43.2 Å². The molecule has 0 amide bonds. The lowest BCUT2D eigenvalue weighted by atomic mass is 10.0. The van der Waals surface area contributed by atoms with Crippen LogP contribution in [0.2, 0.25) is 0 Å². The van der Waals surface area contributed by atoms with Gasteiger partial charge in [-0.2, -0.15) is 0 Å². The zero-order valence-corrected chi connectivity index (χ0v) is 14.9. The van der Waals surface area contributed by atoms with Gasteiger partial charge < -0.3 is 9.72 Å². The Balaban J connectivity index is 1.58. The predicted molar refractivity (Wildman–Crippen MR) is 98.9 cm³/mol. The first kappa shape index (κ1) is 17.4. The maximum Gasteiger partial charge on any atom is 0.254 e. The molecule has 7 heteroatoms. The second kappa shape index (κ2) is 7.28. The predicted octanol–water partition coefficient (Wildman–Crippen LogP) is 2.54. The van der Waals surface area contributed by atoms with E-state index in [1.165, 1.54) is 13.2 Å². The van der Waals surface area contributed by atoms with Crippen LogP contribution < -0.4 is 10.3 Å². The Morgan fingerprint density at radius 3 is 2.96 bits per heavy atom. The number of rotatable bonds is 4. The molecule has 0 spiro atoms. The molecule has 0 unspecified atom stereocenters. The van der Waals surface area contributed by atoms with Crippen LogP contribution in [0.1, 0.15) is 16.8 Å². The van der Waals surface area contributed by atoms with E-state index in [0.717, 1.165) is 28.9 Å². The van der Waals surface area contributed by atoms with Crippen LogP contribution in [0.3, 0.4) is 0 Å². The molecule has 2 aromatic heterocycles. The lowest BCUT2D eigenvalue weighted by Gasteiger charge is -2.27. The number of aromatic amines is 1. The Kier molecular flexibility index (Phi) is 4.68. The Hall–Kier alpha value is -3.06. The van der Waals surface area contributed by atoms with Crippen LogP contribution in [0.5, 0.6) is 5.75 Å². The molecular formula is C20H19FN4O2. The SMILES string of the molecule is COc1ccc(CN2CCc3c(nc(-c4cccnc4)[nH]c3=O)C2)cc1F.